The maximum Gasteiger partial charge on any atom is 0.275 e. The van der Waals surface area contributed by atoms with Crippen LogP contribution in [0, 0.1) is 0 Å². The third kappa shape index (κ3) is 4.32. The molecule has 1 fully saturated rings. The highest BCUT2D eigenvalue weighted by Crippen LogP contribution is 2.21. The lowest BCUT2D eigenvalue weighted by Gasteiger charge is -2.16. The zero-order valence-corrected chi connectivity index (χ0v) is 15.3. The summed E-state index contributed by atoms with van der Waals surface area (Å²) in [6.45, 7) is 3.61. The molecule has 0 spiro atoms. The van der Waals surface area contributed by atoms with Gasteiger partial charge in [-0.25, -0.2) is 4.98 Å². The van der Waals surface area contributed by atoms with Gasteiger partial charge in [0.15, 0.2) is 5.69 Å². The molecule has 1 aromatic carbocycles. The molecule has 136 valence electrons. The molecule has 6 nitrogen and oxygen atoms in total. The first-order valence-electron chi connectivity index (χ1n) is 8.54. The van der Waals surface area contributed by atoms with Crippen LogP contribution < -0.4 is 10.1 Å². The second kappa shape index (κ2) is 8.19. The van der Waals surface area contributed by atoms with E-state index in [1.165, 1.54) is 0 Å². The van der Waals surface area contributed by atoms with Crippen LogP contribution in [0.1, 0.15) is 35.8 Å². The maximum atomic E-state index is 12.5. The van der Waals surface area contributed by atoms with Gasteiger partial charge in [-0.3, -0.25) is 9.59 Å². The Kier molecular flexibility index (Phi) is 5.73. The van der Waals surface area contributed by atoms with Crippen molar-refractivity contribution in [1.82, 2.24) is 9.88 Å². The number of halogens is 1. The molecule has 1 aliphatic rings. The smallest absolute Gasteiger partial charge is 0.275 e. The fourth-order valence-corrected chi connectivity index (χ4v) is 3.03. The van der Waals surface area contributed by atoms with Crippen LogP contribution in [0.2, 0.25) is 5.02 Å². The van der Waals surface area contributed by atoms with Crippen molar-refractivity contribution in [2.75, 3.05) is 18.5 Å². The highest BCUT2D eigenvalue weighted by molar-refractivity contribution is 6.34. The molecule has 0 aliphatic carbocycles. The van der Waals surface area contributed by atoms with Crippen LogP contribution in [-0.2, 0) is 11.3 Å². The average molecular weight is 374 g/mol. The van der Waals surface area contributed by atoms with Crippen LogP contribution in [0.3, 0.4) is 0 Å². The highest BCUT2D eigenvalue weighted by Gasteiger charge is 2.20. The number of anilines is 1. The van der Waals surface area contributed by atoms with Gasteiger partial charge in [-0.1, -0.05) is 23.7 Å². The standard InChI is InChI=1S/C19H20ClN3O3/c1-2-26-16-9-8-15(20)18(22-16)19(25)21-14-6-3-5-13(11-14)12-23-10-4-7-17(23)24/h3,5-6,8-9,11H,2,4,7,10,12H2,1H3,(H,21,25). The third-order valence-corrected chi connectivity index (χ3v) is 4.36. The zero-order valence-electron chi connectivity index (χ0n) is 14.5. The lowest BCUT2D eigenvalue weighted by atomic mass is 10.2. The first-order valence-corrected chi connectivity index (χ1v) is 8.92. The predicted octanol–water partition coefficient (Wildman–Crippen LogP) is 3.51. The maximum absolute atomic E-state index is 12.5. The van der Waals surface area contributed by atoms with Gasteiger partial charge in [0, 0.05) is 31.3 Å². The summed E-state index contributed by atoms with van der Waals surface area (Å²) >= 11 is 6.10. The summed E-state index contributed by atoms with van der Waals surface area (Å²) < 4.78 is 5.32. The minimum absolute atomic E-state index is 0.109. The summed E-state index contributed by atoms with van der Waals surface area (Å²) in [6.07, 6.45) is 1.51. The normalized spacial score (nSPS) is 13.8. The molecule has 2 heterocycles. The molecule has 0 radical (unpaired) electrons. The number of carbonyl (C=O) groups is 2. The van der Waals surface area contributed by atoms with Gasteiger partial charge < -0.3 is 15.0 Å². The number of amides is 2. The number of ether oxygens (including phenoxy) is 1. The number of hydrogen-bond donors (Lipinski definition) is 1. The number of carbonyl (C=O) groups excluding carboxylic acids is 2. The summed E-state index contributed by atoms with van der Waals surface area (Å²) in [5.41, 5.74) is 1.69. The van der Waals surface area contributed by atoms with Crippen molar-refractivity contribution in [3.05, 3.63) is 52.7 Å². The summed E-state index contributed by atoms with van der Waals surface area (Å²) in [6, 6.07) is 10.6. The number of aromatic nitrogens is 1. The Labute approximate surface area is 157 Å². The molecule has 1 N–H and O–H groups in total. The van der Waals surface area contributed by atoms with E-state index >= 15 is 0 Å². The Balaban J connectivity index is 1.72. The van der Waals surface area contributed by atoms with Crippen molar-refractivity contribution in [3.8, 4) is 5.88 Å². The van der Waals surface area contributed by atoms with Gasteiger partial charge in [0.2, 0.25) is 11.8 Å². The molecule has 2 aromatic rings. The Morgan fingerprint density at radius 3 is 2.92 bits per heavy atom. The number of rotatable bonds is 6. The summed E-state index contributed by atoms with van der Waals surface area (Å²) in [7, 11) is 0. The molecule has 7 heteroatoms. The largest absolute Gasteiger partial charge is 0.478 e. The van der Waals surface area contributed by atoms with E-state index in [0.29, 0.717) is 31.1 Å². The first kappa shape index (κ1) is 18.2. The van der Waals surface area contributed by atoms with E-state index in [1.807, 2.05) is 30.0 Å². The van der Waals surface area contributed by atoms with Crippen molar-refractivity contribution >= 4 is 29.1 Å². The Morgan fingerprint density at radius 2 is 2.19 bits per heavy atom. The van der Waals surface area contributed by atoms with E-state index in [4.69, 9.17) is 16.3 Å². The van der Waals surface area contributed by atoms with Crippen LogP contribution in [0.4, 0.5) is 5.69 Å². The van der Waals surface area contributed by atoms with Gasteiger partial charge in [0.1, 0.15) is 0 Å². The second-order valence-electron chi connectivity index (χ2n) is 5.99. The molecule has 0 atom stereocenters. The fourth-order valence-electron chi connectivity index (χ4n) is 2.84. The van der Waals surface area contributed by atoms with Crippen LogP contribution in [0.25, 0.3) is 0 Å². The lowest BCUT2D eigenvalue weighted by Crippen LogP contribution is -2.23. The van der Waals surface area contributed by atoms with E-state index < -0.39 is 5.91 Å². The number of benzene rings is 1. The van der Waals surface area contributed by atoms with E-state index in [1.54, 1.807) is 18.2 Å². The molecule has 3 rings (SSSR count). The molecule has 1 saturated heterocycles. The van der Waals surface area contributed by atoms with Crippen molar-refractivity contribution < 1.29 is 14.3 Å². The first-order chi connectivity index (χ1) is 12.6. The van der Waals surface area contributed by atoms with Crippen LogP contribution >= 0.6 is 11.6 Å². The number of nitrogens with zero attached hydrogens (tertiary/aromatic N) is 2. The van der Waals surface area contributed by atoms with E-state index in [9.17, 15) is 9.59 Å². The van der Waals surface area contributed by atoms with Crippen LogP contribution in [-0.4, -0.2) is 34.8 Å². The monoisotopic (exact) mass is 373 g/mol. The summed E-state index contributed by atoms with van der Waals surface area (Å²) in [4.78, 5) is 30.3. The fraction of sp³-hybridized carbons (Fsp3) is 0.316. The van der Waals surface area contributed by atoms with Crippen molar-refractivity contribution in [1.29, 1.82) is 0 Å². The van der Waals surface area contributed by atoms with Crippen molar-refractivity contribution in [2.45, 2.75) is 26.3 Å². The molecular weight excluding hydrogens is 354 g/mol. The minimum Gasteiger partial charge on any atom is -0.478 e. The topological polar surface area (TPSA) is 71.5 Å². The zero-order chi connectivity index (χ0) is 18.5. The van der Waals surface area contributed by atoms with Gasteiger partial charge in [-0.05, 0) is 37.1 Å². The molecule has 0 unspecified atom stereocenters. The summed E-state index contributed by atoms with van der Waals surface area (Å²) in [5, 5.41) is 3.05. The number of pyridine rings is 1. The van der Waals surface area contributed by atoms with Crippen LogP contribution in [0.15, 0.2) is 36.4 Å². The van der Waals surface area contributed by atoms with Gasteiger partial charge in [-0.2, -0.15) is 0 Å². The Hall–Kier alpha value is -2.60. The van der Waals surface area contributed by atoms with Crippen molar-refractivity contribution in [2.24, 2.45) is 0 Å². The van der Waals surface area contributed by atoms with Gasteiger partial charge >= 0.3 is 0 Å². The van der Waals surface area contributed by atoms with E-state index in [-0.39, 0.29) is 16.6 Å². The highest BCUT2D eigenvalue weighted by atomic mass is 35.5. The minimum atomic E-state index is -0.411. The van der Waals surface area contributed by atoms with Crippen LogP contribution in [0.5, 0.6) is 5.88 Å². The Bertz CT molecular complexity index is 825. The van der Waals surface area contributed by atoms with E-state index in [2.05, 4.69) is 10.3 Å². The molecular formula is C19H20ClN3O3. The molecule has 26 heavy (non-hydrogen) atoms. The number of likely N-dealkylation sites (tertiary alicyclic amines) is 1. The van der Waals surface area contributed by atoms with Gasteiger partial charge in [0.05, 0.1) is 11.6 Å². The van der Waals surface area contributed by atoms with Crippen molar-refractivity contribution in [3.63, 3.8) is 0 Å². The van der Waals surface area contributed by atoms with Gasteiger partial charge in [0.25, 0.3) is 5.91 Å². The quantitative estimate of drug-likeness (QED) is 0.841. The van der Waals surface area contributed by atoms with E-state index in [0.717, 1.165) is 18.5 Å². The molecule has 0 bridgehead atoms. The average Bonchev–Trinajstić information content (AvgIpc) is 3.02. The molecule has 1 aliphatic heterocycles. The second-order valence-corrected chi connectivity index (χ2v) is 6.39. The lowest BCUT2D eigenvalue weighted by molar-refractivity contribution is -0.128. The third-order valence-electron chi connectivity index (χ3n) is 4.06. The molecule has 0 saturated carbocycles. The number of hydrogen-bond acceptors (Lipinski definition) is 4. The number of nitrogens with one attached hydrogen (secondary N) is 1. The summed E-state index contributed by atoms with van der Waals surface area (Å²) in [5.74, 6) is 0.109. The van der Waals surface area contributed by atoms with Gasteiger partial charge in [-0.15, -0.1) is 0 Å². The molecule has 2 amide bonds. The Morgan fingerprint density at radius 1 is 1.35 bits per heavy atom. The SMILES string of the molecule is CCOc1ccc(Cl)c(C(=O)Nc2cccc(CN3CCCC3=O)c2)n1. The predicted molar refractivity (Wildman–Crippen MR) is 99.5 cm³/mol. The molecule has 1 aromatic heterocycles.